The molecule has 3 aliphatic rings. The molecule has 2 fully saturated rings. The van der Waals surface area contributed by atoms with Gasteiger partial charge in [0.25, 0.3) is 0 Å². The van der Waals surface area contributed by atoms with Crippen molar-refractivity contribution in [3.05, 3.63) is 59.7 Å². The summed E-state index contributed by atoms with van der Waals surface area (Å²) in [6.45, 7) is 3.07. The molecule has 0 spiro atoms. The molecule has 1 heterocycles. The second-order valence-electron chi connectivity index (χ2n) is 9.55. The number of hydrogen-bond acceptors (Lipinski definition) is 4. The van der Waals surface area contributed by atoms with E-state index in [-0.39, 0.29) is 36.3 Å². The smallest absolute Gasteiger partial charge is 0.407 e. The van der Waals surface area contributed by atoms with Gasteiger partial charge in [-0.25, -0.2) is 4.79 Å². The van der Waals surface area contributed by atoms with Crippen molar-refractivity contribution in [3.63, 3.8) is 0 Å². The summed E-state index contributed by atoms with van der Waals surface area (Å²) in [6.07, 6.45) is 1.39. The summed E-state index contributed by atoms with van der Waals surface area (Å²) in [4.78, 5) is 38.5. The van der Waals surface area contributed by atoms with Crippen molar-refractivity contribution in [2.24, 2.45) is 17.8 Å². The van der Waals surface area contributed by atoms with Gasteiger partial charge in [0.05, 0.1) is 5.92 Å². The number of hydrogen-bond donors (Lipinski definition) is 2. The number of ether oxygens (including phenoxy) is 1. The van der Waals surface area contributed by atoms with Crippen LogP contribution < -0.4 is 5.32 Å². The van der Waals surface area contributed by atoms with Gasteiger partial charge in [0, 0.05) is 31.0 Å². The molecule has 2 N–H and O–H groups in total. The van der Waals surface area contributed by atoms with Crippen LogP contribution in [0.4, 0.5) is 4.79 Å². The van der Waals surface area contributed by atoms with Gasteiger partial charge in [-0.3, -0.25) is 9.59 Å². The SMILES string of the molecule is CCC1C(C(=O)O)CCN1C(=O)[C@@H]1C[C@@H]1CNC(=O)OCC1c2ccccc2-c2ccccc21. The number of likely N-dealkylation sites (tertiary alicyclic amines) is 1. The highest BCUT2D eigenvalue weighted by atomic mass is 16.5. The molecule has 2 aromatic rings. The van der Waals surface area contributed by atoms with Gasteiger partial charge in [0.1, 0.15) is 6.61 Å². The van der Waals surface area contributed by atoms with Crippen LogP contribution in [0.3, 0.4) is 0 Å². The molecule has 1 saturated heterocycles. The monoisotopic (exact) mass is 462 g/mol. The third kappa shape index (κ3) is 4.04. The minimum absolute atomic E-state index is 0.0109. The maximum Gasteiger partial charge on any atom is 0.407 e. The molecule has 1 aliphatic heterocycles. The maximum atomic E-state index is 12.9. The number of carbonyl (C=O) groups is 3. The zero-order valence-corrected chi connectivity index (χ0v) is 19.3. The maximum absolute atomic E-state index is 12.9. The van der Waals surface area contributed by atoms with Crippen molar-refractivity contribution in [2.75, 3.05) is 19.7 Å². The first-order valence-electron chi connectivity index (χ1n) is 12.1. The van der Waals surface area contributed by atoms with Crippen LogP contribution in [-0.4, -0.2) is 53.7 Å². The van der Waals surface area contributed by atoms with Crippen molar-refractivity contribution in [1.82, 2.24) is 10.2 Å². The highest BCUT2D eigenvalue weighted by molar-refractivity contribution is 5.84. The average molecular weight is 463 g/mol. The first kappa shape index (κ1) is 22.4. The van der Waals surface area contributed by atoms with Gasteiger partial charge in [-0.15, -0.1) is 0 Å². The fourth-order valence-electron chi connectivity index (χ4n) is 5.77. The highest BCUT2D eigenvalue weighted by Gasteiger charge is 2.49. The quantitative estimate of drug-likeness (QED) is 0.651. The molecule has 0 bridgehead atoms. The Balaban J connectivity index is 1.12. The number of nitrogens with one attached hydrogen (secondary N) is 1. The molecular weight excluding hydrogens is 432 g/mol. The number of amides is 2. The summed E-state index contributed by atoms with van der Waals surface area (Å²) in [6, 6.07) is 16.2. The number of carboxylic acids is 1. The molecule has 2 unspecified atom stereocenters. The Labute approximate surface area is 199 Å². The molecule has 1 saturated carbocycles. The molecule has 4 atom stereocenters. The lowest BCUT2D eigenvalue weighted by atomic mass is 9.98. The van der Waals surface area contributed by atoms with Crippen LogP contribution in [0, 0.1) is 17.8 Å². The topological polar surface area (TPSA) is 95.9 Å². The summed E-state index contributed by atoms with van der Waals surface area (Å²) in [5.41, 5.74) is 4.70. The summed E-state index contributed by atoms with van der Waals surface area (Å²) >= 11 is 0. The number of aliphatic carboxylic acids is 1. The van der Waals surface area contributed by atoms with Crippen LogP contribution in [0.5, 0.6) is 0 Å². The molecule has 5 rings (SSSR count). The van der Waals surface area contributed by atoms with E-state index in [4.69, 9.17) is 4.74 Å². The lowest BCUT2D eigenvalue weighted by Crippen LogP contribution is -2.40. The van der Waals surface area contributed by atoms with Crippen molar-refractivity contribution < 1.29 is 24.2 Å². The normalized spacial score (nSPS) is 24.9. The Morgan fingerprint density at radius 2 is 1.68 bits per heavy atom. The average Bonchev–Trinajstić information content (AvgIpc) is 3.38. The summed E-state index contributed by atoms with van der Waals surface area (Å²) < 4.78 is 5.58. The molecule has 0 aromatic heterocycles. The second-order valence-corrected chi connectivity index (χ2v) is 9.55. The van der Waals surface area contributed by atoms with Crippen LogP contribution >= 0.6 is 0 Å². The fourth-order valence-corrected chi connectivity index (χ4v) is 5.77. The number of rotatable bonds is 7. The van der Waals surface area contributed by atoms with Crippen molar-refractivity contribution in [3.8, 4) is 11.1 Å². The fraction of sp³-hybridized carbons (Fsp3) is 0.444. The first-order valence-corrected chi connectivity index (χ1v) is 12.1. The number of benzene rings is 2. The Bertz CT molecular complexity index is 1070. The number of carboxylic acid groups (broad SMARTS) is 1. The zero-order chi connectivity index (χ0) is 23.8. The molecule has 178 valence electrons. The number of carbonyl (C=O) groups excluding carboxylic acids is 2. The molecule has 7 nitrogen and oxygen atoms in total. The predicted molar refractivity (Wildman–Crippen MR) is 126 cm³/mol. The second kappa shape index (κ2) is 9.12. The van der Waals surface area contributed by atoms with Gasteiger partial charge in [0.15, 0.2) is 0 Å². The van der Waals surface area contributed by atoms with E-state index in [0.717, 1.165) is 0 Å². The molecule has 0 radical (unpaired) electrons. The lowest BCUT2D eigenvalue weighted by molar-refractivity contribution is -0.143. The van der Waals surface area contributed by atoms with Gasteiger partial charge in [0.2, 0.25) is 5.91 Å². The van der Waals surface area contributed by atoms with Crippen LogP contribution in [-0.2, 0) is 14.3 Å². The van der Waals surface area contributed by atoms with Crippen molar-refractivity contribution in [1.29, 1.82) is 0 Å². The van der Waals surface area contributed by atoms with E-state index in [9.17, 15) is 19.5 Å². The van der Waals surface area contributed by atoms with Gasteiger partial charge >= 0.3 is 12.1 Å². The van der Waals surface area contributed by atoms with Crippen LogP contribution in [0.15, 0.2) is 48.5 Å². The van der Waals surface area contributed by atoms with Crippen molar-refractivity contribution in [2.45, 2.75) is 38.1 Å². The van der Waals surface area contributed by atoms with E-state index in [1.54, 1.807) is 4.90 Å². The highest BCUT2D eigenvalue weighted by Crippen LogP contribution is 2.45. The van der Waals surface area contributed by atoms with Gasteiger partial charge < -0.3 is 20.1 Å². The van der Waals surface area contributed by atoms with E-state index < -0.39 is 18.0 Å². The Morgan fingerprint density at radius 1 is 1.03 bits per heavy atom. The third-order valence-electron chi connectivity index (χ3n) is 7.66. The summed E-state index contributed by atoms with van der Waals surface area (Å²) in [5.74, 6) is -1.34. The van der Waals surface area contributed by atoms with Crippen LogP contribution in [0.25, 0.3) is 11.1 Å². The zero-order valence-electron chi connectivity index (χ0n) is 19.3. The van der Waals surface area contributed by atoms with E-state index in [0.29, 0.717) is 32.4 Å². The Kier molecular flexibility index (Phi) is 6.02. The molecule has 34 heavy (non-hydrogen) atoms. The van der Waals surface area contributed by atoms with Gasteiger partial charge in [-0.1, -0.05) is 55.5 Å². The minimum Gasteiger partial charge on any atom is -0.481 e. The van der Waals surface area contributed by atoms with Gasteiger partial charge in [-0.05, 0) is 47.4 Å². The summed E-state index contributed by atoms with van der Waals surface area (Å²) in [7, 11) is 0. The molecule has 2 aromatic carbocycles. The molecular formula is C27H30N2O5. The van der Waals surface area contributed by atoms with E-state index in [1.165, 1.54) is 22.3 Å². The number of nitrogens with zero attached hydrogens (tertiary/aromatic N) is 1. The minimum atomic E-state index is -0.827. The van der Waals surface area contributed by atoms with E-state index in [1.807, 2.05) is 31.2 Å². The van der Waals surface area contributed by atoms with Crippen LogP contribution in [0.1, 0.15) is 43.2 Å². The Hall–Kier alpha value is -3.35. The van der Waals surface area contributed by atoms with E-state index >= 15 is 0 Å². The molecule has 2 aliphatic carbocycles. The number of alkyl carbamates (subject to hydrolysis) is 1. The predicted octanol–water partition coefficient (Wildman–Crippen LogP) is 3.87. The molecule has 7 heteroatoms. The standard InChI is InChI=1S/C27H30N2O5/c1-2-24-21(26(31)32)11-12-29(24)25(30)22-13-16(22)14-28-27(33)34-15-23-19-9-5-3-7-17(19)18-8-4-6-10-20(18)23/h3-10,16,21-24H,2,11-15H2,1H3,(H,28,33)(H,31,32)/t16-,21?,22-,24?/m1/s1. The van der Waals surface area contributed by atoms with Crippen LogP contribution in [0.2, 0.25) is 0 Å². The first-order chi connectivity index (χ1) is 16.5. The third-order valence-corrected chi connectivity index (χ3v) is 7.66. The molecule has 2 amide bonds. The largest absolute Gasteiger partial charge is 0.481 e. The van der Waals surface area contributed by atoms with Crippen molar-refractivity contribution >= 4 is 18.0 Å². The number of fused-ring (bicyclic) bond motifs is 3. The van der Waals surface area contributed by atoms with Gasteiger partial charge in [-0.2, -0.15) is 0 Å². The van der Waals surface area contributed by atoms with E-state index in [2.05, 4.69) is 29.6 Å². The summed E-state index contributed by atoms with van der Waals surface area (Å²) in [5, 5.41) is 12.2. The lowest BCUT2D eigenvalue weighted by Gasteiger charge is -2.26. The Morgan fingerprint density at radius 3 is 2.29 bits per heavy atom.